The second-order valence-electron chi connectivity index (χ2n) is 5.42. The number of rotatable bonds is 8. The quantitative estimate of drug-likeness (QED) is 0.557. The van der Waals surface area contributed by atoms with Crippen molar-refractivity contribution in [3.8, 4) is 0 Å². The number of fused-ring (bicyclic) bond motifs is 1. The maximum Gasteiger partial charge on any atom is 0.326 e. The first kappa shape index (κ1) is 17.4. The van der Waals surface area contributed by atoms with Gasteiger partial charge in [-0.05, 0) is 12.5 Å². The van der Waals surface area contributed by atoms with Crippen molar-refractivity contribution < 1.29 is 19.6 Å². The van der Waals surface area contributed by atoms with Gasteiger partial charge in [0.25, 0.3) is 5.69 Å². The van der Waals surface area contributed by atoms with E-state index in [0.717, 1.165) is 6.42 Å². The second-order valence-corrected chi connectivity index (χ2v) is 5.42. The number of carboxylic acids is 1. The summed E-state index contributed by atoms with van der Waals surface area (Å²) in [6, 6.07) is 1.90. The van der Waals surface area contributed by atoms with Gasteiger partial charge in [0.1, 0.15) is 11.7 Å². The lowest BCUT2D eigenvalue weighted by molar-refractivity contribution is -0.385. The first-order valence-electron chi connectivity index (χ1n) is 7.55. The lowest BCUT2D eigenvalue weighted by Gasteiger charge is -2.13. The molecule has 9 heteroatoms. The Hall–Kier alpha value is -2.97. The van der Waals surface area contributed by atoms with Gasteiger partial charge in [0.2, 0.25) is 5.91 Å². The van der Waals surface area contributed by atoms with Gasteiger partial charge in [-0.2, -0.15) is 0 Å². The van der Waals surface area contributed by atoms with Crippen molar-refractivity contribution in [2.45, 2.75) is 38.6 Å². The van der Waals surface area contributed by atoms with Crippen molar-refractivity contribution in [2.24, 2.45) is 0 Å². The van der Waals surface area contributed by atoms with Crippen molar-refractivity contribution in [1.82, 2.24) is 14.7 Å². The normalized spacial score (nSPS) is 12.0. The van der Waals surface area contributed by atoms with Crippen LogP contribution in [0.15, 0.2) is 24.5 Å². The molecule has 128 valence electrons. The molecule has 2 aromatic heterocycles. The molecule has 0 aliphatic heterocycles. The summed E-state index contributed by atoms with van der Waals surface area (Å²) in [4.78, 5) is 37.6. The Labute approximate surface area is 137 Å². The number of imidazole rings is 1. The highest BCUT2D eigenvalue weighted by atomic mass is 16.6. The fourth-order valence-corrected chi connectivity index (χ4v) is 2.30. The molecule has 9 nitrogen and oxygen atoms in total. The van der Waals surface area contributed by atoms with Crippen LogP contribution in [0.1, 0.15) is 31.9 Å². The van der Waals surface area contributed by atoms with Gasteiger partial charge in [0.05, 0.1) is 23.2 Å². The van der Waals surface area contributed by atoms with Gasteiger partial charge >= 0.3 is 5.97 Å². The average molecular weight is 334 g/mol. The number of aromatic nitrogens is 2. The Kier molecular flexibility index (Phi) is 5.46. The van der Waals surface area contributed by atoms with Crippen LogP contribution in [0, 0.1) is 10.1 Å². The summed E-state index contributed by atoms with van der Waals surface area (Å²) in [6.45, 7) is 1.94. The molecule has 0 spiro atoms. The number of hydrogen-bond acceptors (Lipinski definition) is 5. The van der Waals surface area contributed by atoms with Gasteiger partial charge < -0.3 is 10.4 Å². The minimum Gasteiger partial charge on any atom is -0.480 e. The van der Waals surface area contributed by atoms with E-state index in [2.05, 4.69) is 10.3 Å². The summed E-state index contributed by atoms with van der Waals surface area (Å²) in [5.41, 5.74) is 0.804. The van der Waals surface area contributed by atoms with Crippen molar-refractivity contribution in [3.63, 3.8) is 0 Å². The zero-order valence-corrected chi connectivity index (χ0v) is 13.1. The molecule has 0 saturated carbocycles. The summed E-state index contributed by atoms with van der Waals surface area (Å²) in [5, 5.41) is 22.3. The standard InChI is InChI=1S/C15H18N4O5/c1-2-3-4-12(15(21)22)17-14(20)7-10-8-18-9-11(19(23)24)5-6-13(18)16-10/h5-6,8-9,12H,2-4,7H2,1H3,(H,17,20)(H,21,22). The van der Waals surface area contributed by atoms with Gasteiger partial charge in [-0.25, -0.2) is 9.78 Å². The Balaban J connectivity index is 2.06. The summed E-state index contributed by atoms with van der Waals surface area (Å²) < 4.78 is 1.46. The highest BCUT2D eigenvalue weighted by molar-refractivity contribution is 5.84. The van der Waals surface area contributed by atoms with E-state index < -0.39 is 22.8 Å². The van der Waals surface area contributed by atoms with Crippen LogP contribution in [0.2, 0.25) is 0 Å². The number of amides is 1. The molecule has 0 aromatic carbocycles. The van der Waals surface area contributed by atoms with Gasteiger partial charge in [-0.3, -0.25) is 19.3 Å². The molecule has 0 bridgehead atoms. The van der Waals surface area contributed by atoms with E-state index >= 15 is 0 Å². The van der Waals surface area contributed by atoms with Crippen molar-refractivity contribution in [1.29, 1.82) is 0 Å². The maximum atomic E-state index is 12.0. The van der Waals surface area contributed by atoms with E-state index in [1.165, 1.54) is 28.9 Å². The van der Waals surface area contributed by atoms with E-state index in [-0.39, 0.29) is 12.1 Å². The Morgan fingerprint density at radius 1 is 1.42 bits per heavy atom. The van der Waals surface area contributed by atoms with Gasteiger partial charge in [-0.1, -0.05) is 19.8 Å². The number of nitrogens with one attached hydrogen (secondary N) is 1. The van der Waals surface area contributed by atoms with Gasteiger partial charge in [0.15, 0.2) is 0 Å². The van der Waals surface area contributed by atoms with Crippen molar-refractivity contribution in [3.05, 3.63) is 40.3 Å². The summed E-state index contributed by atoms with van der Waals surface area (Å²) in [6.07, 6.45) is 4.65. The van der Waals surface area contributed by atoms with Gasteiger partial charge in [-0.15, -0.1) is 0 Å². The van der Waals surface area contributed by atoms with Crippen LogP contribution in [0.25, 0.3) is 5.65 Å². The van der Waals surface area contributed by atoms with Crippen LogP contribution >= 0.6 is 0 Å². The molecule has 1 unspecified atom stereocenters. The molecule has 24 heavy (non-hydrogen) atoms. The molecule has 1 amide bonds. The van der Waals surface area contributed by atoms with Gasteiger partial charge in [0, 0.05) is 12.3 Å². The molecule has 0 aliphatic rings. The third-order valence-corrected chi connectivity index (χ3v) is 3.52. The highest BCUT2D eigenvalue weighted by Crippen LogP contribution is 2.14. The van der Waals surface area contributed by atoms with Crippen LogP contribution in [-0.4, -0.2) is 37.3 Å². The second kappa shape index (κ2) is 7.53. The van der Waals surface area contributed by atoms with Crippen LogP contribution in [0.5, 0.6) is 0 Å². The predicted molar refractivity (Wildman–Crippen MR) is 84.6 cm³/mol. The van der Waals surface area contributed by atoms with Crippen LogP contribution < -0.4 is 5.32 Å². The average Bonchev–Trinajstić information content (AvgIpc) is 2.91. The molecule has 2 N–H and O–H groups in total. The molecule has 0 saturated heterocycles. The smallest absolute Gasteiger partial charge is 0.326 e. The number of pyridine rings is 1. The molecule has 1 atom stereocenters. The third-order valence-electron chi connectivity index (χ3n) is 3.52. The number of hydrogen-bond donors (Lipinski definition) is 2. The van der Waals surface area contributed by atoms with E-state index in [0.29, 0.717) is 24.2 Å². The summed E-state index contributed by atoms with van der Waals surface area (Å²) in [5.74, 6) is -1.51. The third kappa shape index (κ3) is 4.28. The van der Waals surface area contributed by atoms with E-state index in [1.54, 1.807) is 0 Å². The van der Waals surface area contributed by atoms with Crippen molar-refractivity contribution >= 4 is 23.2 Å². The van der Waals surface area contributed by atoms with Crippen LogP contribution in [-0.2, 0) is 16.0 Å². The van der Waals surface area contributed by atoms with E-state index in [1.807, 2.05) is 6.92 Å². The topological polar surface area (TPSA) is 127 Å². The van der Waals surface area contributed by atoms with E-state index in [4.69, 9.17) is 5.11 Å². The highest BCUT2D eigenvalue weighted by Gasteiger charge is 2.20. The minimum atomic E-state index is -1.07. The first-order valence-corrected chi connectivity index (χ1v) is 7.55. The molecule has 2 aromatic rings. The Morgan fingerprint density at radius 2 is 2.17 bits per heavy atom. The number of unbranched alkanes of at least 4 members (excludes halogenated alkanes) is 1. The zero-order valence-electron chi connectivity index (χ0n) is 13.1. The lowest BCUT2D eigenvalue weighted by Crippen LogP contribution is -2.41. The lowest BCUT2D eigenvalue weighted by atomic mass is 10.1. The first-order chi connectivity index (χ1) is 11.4. The molecule has 0 aliphatic carbocycles. The number of carbonyl (C=O) groups is 2. The zero-order chi connectivity index (χ0) is 17.7. The number of carboxylic acid groups (broad SMARTS) is 1. The molecule has 0 fully saturated rings. The SMILES string of the molecule is CCCCC(NC(=O)Cc1cn2cc([N+](=O)[O-])ccc2n1)C(=O)O. The molecule has 2 heterocycles. The molecular formula is C15H18N4O5. The summed E-state index contributed by atoms with van der Waals surface area (Å²) in [7, 11) is 0. The predicted octanol–water partition coefficient (Wildman–Crippen LogP) is 1.54. The van der Waals surface area contributed by atoms with Crippen molar-refractivity contribution in [2.75, 3.05) is 0 Å². The number of carbonyl (C=O) groups excluding carboxylic acids is 1. The maximum absolute atomic E-state index is 12.0. The number of aliphatic carboxylic acids is 1. The fraction of sp³-hybridized carbons (Fsp3) is 0.400. The number of nitro groups is 1. The number of nitrogens with zero attached hydrogens (tertiary/aromatic N) is 3. The fourth-order valence-electron chi connectivity index (χ4n) is 2.30. The minimum absolute atomic E-state index is 0.0820. The molecular weight excluding hydrogens is 316 g/mol. The Bertz CT molecular complexity index is 770. The monoisotopic (exact) mass is 334 g/mol. The van der Waals surface area contributed by atoms with Crippen LogP contribution in [0.3, 0.4) is 0 Å². The summed E-state index contributed by atoms with van der Waals surface area (Å²) >= 11 is 0. The largest absolute Gasteiger partial charge is 0.480 e. The molecule has 2 rings (SSSR count). The molecule has 0 radical (unpaired) electrons. The van der Waals surface area contributed by atoms with Crippen LogP contribution in [0.4, 0.5) is 5.69 Å². The van der Waals surface area contributed by atoms with E-state index in [9.17, 15) is 19.7 Å². The Morgan fingerprint density at radius 3 is 2.79 bits per heavy atom.